The molecule has 2 aliphatic rings. The van der Waals surface area contributed by atoms with E-state index >= 15 is 0 Å². The van der Waals surface area contributed by atoms with E-state index < -0.39 is 6.03 Å². The van der Waals surface area contributed by atoms with Gasteiger partial charge in [-0.15, -0.1) is 0 Å². The lowest BCUT2D eigenvalue weighted by molar-refractivity contribution is -0.0317. The summed E-state index contributed by atoms with van der Waals surface area (Å²) in [7, 11) is 0. The Labute approximate surface area is 111 Å². The molecule has 2 aliphatic heterocycles. The molecule has 1 radical (unpaired) electrons. The average Bonchev–Trinajstić information content (AvgIpc) is 2.79. The maximum absolute atomic E-state index is 11.5. The third kappa shape index (κ3) is 2.57. The summed E-state index contributed by atoms with van der Waals surface area (Å²) in [6.45, 7) is 4.98. The summed E-state index contributed by atoms with van der Waals surface area (Å²) in [5, 5.41) is 7.55. The Morgan fingerprint density at radius 3 is 2.79 bits per heavy atom. The lowest BCUT2D eigenvalue weighted by Crippen LogP contribution is -2.45. The number of amides is 1. The largest absolute Gasteiger partial charge is 0.381 e. The highest BCUT2D eigenvalue weighted by molar-refractivity contribution is 5.77. The van der Waals surface area contributed by atoms with E-state index in [9.17, 15) is 4.79 Å². The Kier molecular flexibility index (Phi) is 3.39. The number of anilines is 1. The van der Waals surface area contributed by atoms with Gasteiger partial charge in [0, 0.05) is 32.1 Å². The van der Waals surface area contributed by atoms with Gasteiger partial charge in [-0.2, -0.15) is 9.78 Å². The molecule has 3 heterocycles. The summed E-state index contributed by atoms with van der Waals surface area (Å²) in [4.78, 5) is 13.6. The van der Waals surface area contributed by atoms with Crippen LogP contribution in [0.3, 0.4) is 0 Å². The van der Waals surface area contributed by atoms with Gasteiger partial charge in [0.15, 0.2) is 0 Å². The number of piperazine rings is 1. The molecule has 0 aromatic carbocycles. The first-order chi connectivity index (χ1) is 9.24. The first kappa shape index (κ1) is 12.4. The van der Waals surface area contributed by atoms with Crippen LogP contribution in [-0.2, 0) is 11.2 Å². The SMILES string of the molecule is NC(=O)n1nc(CC2COC2)[c]c1N1CCNCC1. The second kappa shape index (κ2) is 5.18. The number of carbonyl (C=O) groups excluding carboxylic acids is 1. The van der Waals surface area contributed by atoms with Crippen molar-refractivity contribution in [2.45, 2.75) is 6.42 Å². The lowest BCUT2D eigenvalue weighted by atomic mass is 10.0. The van der Waals surface area contributed by atoms with Gasteiger partial charge in [0.1, 0.15) is 5.82 Å². The Bertz CT molecular complexity index is 463. The van der Waals surface area contributed by atoms with Crippen LogP contribution in [0.25, 0.3) is 0 Å². The molecule has 7 nitrogen and oxygen atoms in total. The zero-order valence-corrected chi connectivity index (χ0v) is 10.8. The summed E-state index contributed by atoms with van der Waals surface area (Å²) in [5.74, 6) is 1.17. The Hall–Kier alpha value is -1.60. The number of hydrogen-bond acceptors (Lipinski definition) is 5. The van der Waals surface area contributed by atoms with Crippen molar-refractivity contribution >= 4 is 11.8 Å². The predicted molar refractivity (Wildman–Crippen MR) is 69.1 cm³/mol. The molecule has 3 N–H and O–H groups in total. The van der Waals surface area contributed by atoms with Gasteiger partial charge >= 0.3 is 6.03 Å². The monoisotopic (exact) mass is 264 g/mol. The van der Waals surface area contributed by atoms with E-state index in [4.69, 9.17) is 10.5 Å². The first-order valence-electron chi connectivity index (χ1n) is 6.58. The van der Waals surface area contributed by atoms with Crippen molar-refractivity contribution in [1.82, 2.24) is 15.1 Å². The number of rotatable bonds is 3. The van der Waals surface area contributed by atoms with E-state index in [1.165, 1.54) is 4.68 Å². The fourth-order valence-corrected chi connectivity index (χ4v) is 2.39. The van der Waals surface area contributed by atoms with Crippen LogP contribution in [0.15, 0.2) is 0 Å². The number of carbonyl (C=O) groups is 1. The van der Waals surface area contributed by atoms with Crippen LogP contribution in [-0.4, -0.2) is 55.2 Å². The Morgan fingerprint density at radius 1 is 1.47 bits per heavy atom. The van der Waals surface area contributed by atoms with Crippen LogP contribution in [0.2, 0.25) is 0 Å². The van der Waals surface area contributed by atoms with Crippen LogP contribution in [0.1, 0.15) is 5.69 Å². The lowest BCUT2D eigenvalue weighted by Gasteiger charge is -2.28. The van der Waals surface area contributed by atoms with E-state index in [2.05, 4.69) is 21.4 Å². The summed E-state index contributed by atoms with van der Waals surface area (Å²) >= 11 is 0. The second-order valence-electron chi connectivity index (χ2n) is 4.99. The van der Waals surface area contributed by atoms with Crippen molar-refractivity contribution in [3.8, 4) is 0 Å². The molecule has 0 bridgehead atoms. The standard InChI is InChI=1S/C12H18N5O2/c13-12(18)17-11(16-3-1-14-2-4-16)6-10(15-17)5-9-7-19-8-9/h9,14H,1-5,7-8H2,(H2,13,18). The molecule has 2 saturated heterocycles. The number of nitrogens with zero attached hydrogens (tertiary/aromatic N) is 3. The molecule has 1 aromatic rings. The van der Waals surface area contributed by atoms with E-state index in [1.807, 2.05) is 0 Å². The smallest absolute Gasteiger partial charge is 0.341 e. The van der Waals surface area contributed by atoms with Gasteiger partial charge < -0.3 is 20.7 Å². The molecule has 3 rings (SSSR count). The highest BCUT2D eigenvalue weighted by Crippen LogP contribution is 2.20. The van der Waals surface area contributed by atoms with Crippen LogP contribution < -0.4 is 16.0 Å². The zero-order valence-electron chi connectivity index (χ0n) is 10.8. The van der Waals surface area contributed by atoms with Gasteiger partial charge in [0.25, 0.3) is 0 Å². The van der Waals surface area contributed by atoms with Crippen LogP contribution in [0, 0.1) is 12.0 Å². The van der Waals surface area contributed by atoms with Gasteiger partial charge in [-0.3, -0.25) is 0 Å². The van der Waals surface area contributed by atoms with Gasteiger partial charge in [-0.25, -0.2) is 4.79 Å². The first-order valence-corrected chi connectivity index (χ1v) is 6.58. The van der Waals surface area contributed by atoms with Crippen molar-refractivity contribution in [3.05, 3.63) is 11.8 Å². The molecule has 1 aromatic heterocycles. The van der Waals surface area contributed by atoms with Crippen LogP contribution in [0.4, 0.5) is 10.6 Å². The van der Waals surface area contributed by atoms with E-state index in [1.54, 1.807) is 0 Å². The van der Waals surface area contributed by atoms with Gasteiger partial charge in [0.05, 0.1) is 25.0 Å². The van der Waals surface area contributed by atoms with Crippen molar-refractivity contribution in [3.63, 3.8) is 0 Å². The summed E-state index contributed by atoms with van der Waals surface area (Å²) in [5.41, 5.74) is 6.18. The fraction of sp³-hybridized carbons (Fsp3) is 0.667. The van der Waals surface area contributed by atoms with Gasteiger partial charge in [0.2, 0.25) is 0 Å². The molecule has 19 heavy (non-hydrogen) atoms. The molecular formula is C12H18N5O2. The number of nitrogens with one attached hydrogen (secondary N) is 1. The summed E-state index contributed by atoms with van der Waals surface area (Å²) < 4.78 is 6.41. The maximum Gasteiger partial charge on any atom is 0.341 e. The molecular weight excluding hydrogens is 246 g/mol. The third-order valence-corrected chi connectivity index (χ3v) is 3.49. The van der Waals surface area contributed by atoms with Crippen molar-refractivity contribution < 1.29 is 9.53 Å². The van der Waals surface area contributed by atoms with Crippen molar-refractivity contribution in [1.29, 1.82) is 0 Å². The molecule has 0 saturated carbocycles. The minimum absolute atomic E-state index is 0.489. The summed E-state index contributed by atoms with van der Waals surface area (Å²) in [6, 6.07) is 2.67. The topological polar surface area (TPSA) is 85.4 Å². The molecule has 1 amide bonds. The van der Waals surface area contributed by atoms with Crippen molar-refractivity contribution in [2.75, 3.05) is 44.3 Å². The quantitative estimate of drug-likeness (QED) is 0.747. The molecule has 0 atom stereocenters. The number of ether oxygens (including phenoxy) is 1. The highest BCUT2D eigenvalue weighted by Gasteiger charge is 2.24. The molecule has 0 unspecified atom stereocenters. The second-order valence-corrected chi connectivity index (χ2v) is 4.99. The van der Waals surface area contributed by atoms with Crippen molar-refractivity contribution in [2.24, 2.45) is 11.7 Å². The number of aromatic nitrogens is 2. The Morgan fingerprint density at radius 2 is 2.21 bits per heavy atom. The minimum Gasteiger partial charge on any atom is -0.381 e. The summed E-state index contributed by atoms with van der Waals surface area (Å²) in [6.07, 6.45) is 0.791. The van der Waals surface area contributed by atoms with Gasteiger partial charge in [-0.05, 0) is 6.42 Å². The molecule has 103 valence electrons. The molecule has 0 aliphatic carbocycles. The Balaban J connectivity index is 1.81. The predicted octanol–water partition coefficient (Wildman–Crippen LogP) is -0.791. The van der Waals surface area contributed by atoms with Crippen LogP contribution in [0.5, 0.6) is 0 Å². The highest BCUT2D eigenvalue weighted by atomic mass is 16.5. The minimum atomic E-state index is -0.555. The number of nitrogens with two attached hydrogens (primary N) is 1. The van der Waals surface area contributed by atoms with Crippen LogP contribution >= 0.6 is 0 Å². The number of primary amides is 1. The molecule has 2 fully saturated rings. The van der Waals surface area contributed by atoms with Gasteiger partial charge in [-0.1, -0.05) is 0 Å². The van der Waals surface area contributed by atoms with E-state index in [-0.39, 0.29) is 0 Å². The fourth-order valence-electron chi connectivity index (χ4n) is 2.39. The normalized spacial score (nSPS) is 20.3. The molecule has 0 spiro atoms. The third-order valence-electron chi connectivity index (χ3n) is 3.49. The maximum atomic E-state index is 11.5. The zero-order chi connectivity index (χ0) is 13.2. The average molecular weight is 264 g/mol. The number of hydrogen-bond donors (Lipinski definition) is 2. The van der Waals surface area contributed by atoms with E-state index in [0.29, 0.717) is 11.7 Å². The van der Waals surface area contributed by atoms with E-state index in [0.717, 1.165) is 51.5 Å². The molecule has 7 heteroatoms.